The van der Waals surface area contributed by atoms with Gasteiger partial charge in [-0.2, -0.15) is 4.98 Å². The predicted molar refractivity (Wildman–Crippen MR) is 142 cm³/mol. The Morgan fingerprint density at radius 1 is 0.919 bits per heavy atom. The van der Waals surface area contributed by atoms with E-state index in [0.717, 1.165) is 27.8 Å². The van der Waals surface area contributed by atoms with E-state index in [2.05, 4.69) is 36.2 Å². The lowest BCUT2D eigenvalue weighted by Crippen LogP contribution is -2.42. The number of aliphatic carboxylic acids is 1. The van der Waals surface area contributed by atoms with E-state index in [1.54, 1.807) is 12.1 Å². The van der Waals surface area contributed by atoms with Crippen LogP contribution >= 0.6 is 0 Å². The predicted octanol–water partition coefficient (Wildman–Crippen LogP) is 5.74. The summed E-state index contributed by atoms with van der Waals surface area (Å²) in [6.07, 6.45) is 0.140. The molecule has 190 valence electrons. The number of carboxylic acid groups (broad SMARTS) is 1. The van der Waals surface area contributed by atoms with Gasteiger partial charge in [-0.05, 0) is 65.8 Å². The first kappa shape index (κ1) is 25.8. The van der Waals surface area contributed by atoms with Gasteiger partial charge in [0.1, 0.15) is 6.04 Å². The van der Waals surface area contributed by atoms with Gasteiger partial charge in [0.25, 0.3) is 11.8 Å². The fourth-order valence-corrected chi connectivity index (χ4v) is 3.92. The highest BCUT2D eigenvalue weighted by Gasteiger charge is 2.22. The Balaban J connectivity index is 1.44. The van der Waals surface area contributed by atoms with Gasteiger partial charge in [0.05, 0.1) is 0 Å². The van der Waals surface area contributed by atoms with E-state index in [0.29, 0.717) is 17.3 Å². The zero-order valence-electron chi connectivity index (χ0n) is 21.7. The van der Waals surface area contributed by atoms with E-state index in [1.807, 2.05) is 68.4 Å². The molecule has 7 nitrogen and oxygen atoms in total. The topological polar surface area (TPSA) is 105 Å². The molecule has 0 saturated heterocycles. The lowest BCUT2D eigenvalue weighted by atomic mass is 9.86. The maximum absolute atomic E-state index is 12.7. The van der Waals surface area contributed by atoms with E-state index in [-0.39, 0.29) is 11.8 Å². The van der Waals surface area contributed by atoms with Gasteiger partial charge in [0, 0.05) is 23.1 Å². The third kappa shape index (κ3) is 6.12. The van der Waals surface area contributed by atoms with Crippen LogP contribution < -0.4 is 5.32 Å². The fraction of sp³-hybridized carbons (Fsp3) is 0.267. The molecule has 1 unspecified atom stereocenters. The van der Waals surface area contributed by atoms with Crippen LogP contribution in [0.25, 0.3) is 22.8 Å². The Morgan fingerprint density at radius 3 is 2.16 bits per heavy atom. The monoisotopic (exact) mass is 497 g/mol. The number of aryl methyl sites for hydroxylation is 2. The van der Waals surface area contributed by atoms with Crippen molar-refractivity contribution in [3.05, 3.63) is 94.5 Å². The van der Waals surface area contributed by atoms with E-state index in [1.165, 1.54) is 5.56 Å². The quantitative estimate of drug-likeness (QED) is 0.337. The first-order chi connectivity index (χ1) is 17.5. The van der Waals surface area contributed by atoms with Crippen molar-refractivity contribution in [3.8, 4) is 22.8 Å². The summed E-state index contributed by atoms with van der Waals surface area (Å²) < 4.78 is 5.45. The molecule has 1 heterocycles. The first-order valence-corrected chi connectivity index (χ1v) is 12.2. The van der Waals surface area contributed by atoms with Crippen LogP contribution in [0.4, 0.5) is 0 Å². The molecule has 0 bridgehead atoms. The fourth-order valence-electron chi connectivity index (χ4n) is 3.92. The molecule has 1 amide bonds. The molecular formula is C30H31N3O4. The molecule has 4 aromatic rings. The molecule has 1 atom stereocenters. The summed E-state index contributed by atoms with van der Waals surface area (Å²) in [6.45, 7) is 10.4. The SMILES string of the molecule is Cc1ccc(-c2nc(-c3ccc(CC(NC(=O)c4ccc(C(C)(C)C)cc4)C(=O)O)cc3)no2)cc1C. The Hall–Kier alpha value is -4.26. The van der Waals surface area contributed by atoms with Gasteiger partial charge < -0.3 is 14.9 Å². The van der Waals surface area contributed by atoms with Crippen molar-refractivity contribution in [2.24, 2.45) is 0 Å². The number of hydrogen-bond acceptors (Lipinski definition) is 5. The highest BCUT2D eigenvalue weighted by atomic mass is 16.5. The second kappa shape index (κ2) is 10.4. The Labute approximate surface area is 216 Å². The van der Waals surface area contributed by atoms with Gasteiger partial charge in [-0.3, -0.25) is 4.79 Å². The van der Waals surface area contributed by atoms with Crippen molar-refractivity contribution in [2.45, 2.75) is 52.5 Å². The molecule has 0 radical (unpaired) electrons. The van der Waals surface area contributed by atoms with Crippen LogP contribution in [0.5, 0.6) is 0 Å². The number of aromatic nitrogens is 2. The summed E-state index contributed by atoms with van der Waals surface area (Å²) in [6, 6.07) is 19.4. The number of amides is 1. The maximum atomic E-state index is 12.7. The van der Waals surface area contributed by atoms with Crippen molar-refractivity contribution in [1.29, 1.82) is 0 Å². The molecule has 2 N–H and O–H groups in total. The van der Waals surface area contributed by atoms with Crippen LogP contribution in [0.1, 0.15) is 53.4 Å². The zero-order chi connectivity index (χ0) is 26.7. The molecule has 0 spiro atoms. The molecule has 3 aromatic carbocycles. The second-order valence-electron chi connectivity index (χ2n) is 10.3. The van der Waals surface area contributed by atoms with Crippen molar-refractivity contribution in [3.63, 3.8) is 0 Å². The molecular weight excluding hydrogens is 466 g/mol. The van der Waals surface area contributed by atoms with Gasteiger partial charge in [-0.1, -0.05) is 68.4 Å². The highest BCUT2D eigenvalue weighted by Crippen LogP contribution is 2.25. The molecule has 0 aliphatic rings. The molecule has 0 aliphatic heterocycles. The highest BCUT2D eigenvalue weighted by molar-refractivity contribution is 5.96. The summed E-state index contributed by atoms with van der Waals surface area (Å²) in [4.78, 5) is 29.1. The number of rotatable bonds is 7. The molecule has 4 rings (SSSR count). The third-order valence-electron chi connectivity index (χ3n) is 6.45. The molecule has 1 aromatic heterocycles. The van der Waals surface area contributed by atoms with E-state index < -0.39 is 17.9 Å². The Morgan fingerprint density at radius 2 is 1.57 bits per heavy atom. The number of hydrogen-bond donors (Lipinski definition) is 2. The summed E-state index contributed by atoms with van der Waals surface area (Å²) >= 11 is 0. The number of carboxylic acids is 1. The van der Waals surface area contributed by atoms with Crippen molar-refractivity contribution in [2.75, 3.05) is 0 Å². The lowest BCUT2D eigenvalue weighted by molar-refractivity contribution is -0.139. The lowest BCUT2D eigenvalue weighted by Gasteiger charge is -2.19. The second-order valence-corrected chi connectivity index (χ2v) is 10.3. The van der Waals surface area contributed by atoms with Gasteiger partial charge in [0.2, 0.25) is 5.82 Å². The first-order valence-electron chi connectivity index (χ1n) is 12.2. The molecule has 0 fully saturated rings. The maximum Gasteiger partial charge on any atom is 0.326 e. The van der Waals surface area contributed by atoms with Crippen LogP contribution in [0.3, 0.4) is 0 Å². The minimum atomic E-state index is -1.10. The van der Waals surface area contributed by atoms with Gasteiger partial charge in [-0.25, -0.2) is 4.79 Å². The van der Waals surface area contributed by atoms with E-state index >= 15 is 0 Å². The molecule has 0 aliphatic carbocycles. The average molecular weight is 498 g/mol. The van der Waals surface area contributed by atoms with Crippen LogP contribution in [-0.2, 0) is 16.6 Å². The van der Waals surface area contributed by atoms with E-state index in [9.17, 15) is 14.7 Å². The largest absolute Gasteiger partial charge is 0.480 e. The van der Waals surface area contributed by atoms with Crippen molar-refractivity contribution >= 4 is 11.9 Å². The Bertz CT molecular complexity index is 1410. The Kier molecular flexibility index (Phi) is 7.25. The standard InChI is InChI=1S/C30H31N3O4/c1-18-6-9-23(16-19(18)2)28-32-26(33-37-28)21-10-7-20(8-11-21)17-25(29(35)36)31-27(34)22-12-14-24(15-13-22)30(3,4)5/h6-16,25H,17H2,1-5H3,(H,31,34)(H,35,36). The third-order valence-corrected chi connectivity index (χ3v) is 6.45. The average Bonchev–Trinajstić information content (AvgIpc) is 3.35. The molecule has 0 saturated carbocycles. The van der Waals surface area contributed by atoms with E-state index in [4.69, 9.17) is 4.52 Å². The van der Waals surface area contributed by atoms with Crippen LogP contribution in [-0.4, -0.2) is 33.2 Å². The van der Waals surface area contributed by atoms with Crippen LogP contribution in [0.2, 0.25) is 0 Å². The van der Waals surface area contributed by atoms with Crippen molar-refractivity contribution in [1.82, 2.24) is 15.5 Å². The van der Waals surface area contributed by atoms with Gasteiger partial charge in [-0.15, -0.1) is 0 Å². The summed E-state index contributed by atoms with van der Waals surface area (Å²) in [5.74, 6) is -0.636. The normalized spacial score (nSPS) is 12.2. The van der Waals surface area contributed by atoms with Crippen LogP contribution in [0, 0.1) is 13.8 Å². The smallest absolute Gasteiger partial charge is 0.326 e. The minimum Gasteiger partial charge on any atom is -0.480 e. The minimum absolute atomic E-state index is 0.0342. The van der Waals surface area contributed by atoms with Gasteiger partial charge >= 0.3 is 5.97 Å². The number of nitrogens with zero attached hydrogens (tertiary/aromatic N) is 2. The summed E-state index contributed by atoms with van der Waals surface area (Å²) in [7, 11) is 0. The van der Waals surface area contributed by atoms with Gasteiger partial charge in [0.15, 0.2) is 0 Å². The summed E-state index contributed by atoms with van der Waals surface area (Å²) in [5, 5.41) is 16.4. The number of benzene rings is 3. The summed E-state index contributed by atoms with van der Waals surface area (Å²) in [5.41, 5.74) is 6.18. The number of nitrogens with one attached hydrogen (secondary N) is 1. The number of carbonyl (C=O) groups excluding carboxylic acids is 1. The number of carbonyl (C=O) groups is 2. The van der Waals surface area contributed by atoms with Crippen LogP contribution in [0.15, 0.2) is 71.3 Å². The molecule has 7 heteroatoms. The zero-order valence-corrected chi connectivity index (χ0v) is 21.7. The van der Waals surface area contributed by atoms with Crippen molar-refractivity contribution < 1.29 is 19.2 Å². The molecule has 37 heavy (non-hydrogen) atoms.